The molecule has 0 radical (unpaired) electrons. The first kappa shape index (κ1) is 15.6. The van der Waals surface area contributed by atoms with Crippen molar-refractivity contribution in [3.05, 3.63) is 22.4 Å². The smallest absolute Gasteiger partial charge is 0.361 e. The maximum absolute atomic E-state index is 11.8. The maximum atomic E-state index is 11.8. The number of unbranched alkanes of at least 4 members (excludes halogenated alkanes) is 1. The highest BCUT2D eigenvalue weighted by Crippen LogP contribution is 2.11. The van der Waals surface area contributed by atoms with Gasteiger partial charge in [-0.3, -0.25) is 4.68 Å². The van der Waals surface area contributed by atoms with E-state index in [0.717, 1.165) is 24.3 Å². The Bertz CT molecular complexity index is 574. The van der Waals surface area contributed by atoms with Gasteiger partial charge in [-0.05, 0) is 33.6 Å². The molecule has 0 unspecified atom stereocenters. The summed E-state index contributed by atoms with van der Waals surface area (Å²) in [5, 5.41) is 16.6. The number of hydrogen-bond acceptors (Lipinski definition) is 7. The Morgan fingerprint density at radius 2 is 2.14 bits per heavy atom. The van der Waals surface area contributed by atoms with Crippen molar-refractivity contribution in [2.24, 2.45) is 0 Å². The lowest BCUT2D eigenvalue weighted by molar-refractivity contribution is 0.00627. The molecular formula is C13H19N5O2S. The summed E-state index contributed by atoms with van der Waals surface area (Å²) in [5.74, 6) is -0.442. The summed E-state index contributed by atoms with van der Waals surface area (Å²) < 4.78 is 6.91. The quantitative estimate of drug-likeness (QED) is 0.600. The van der Waals surface area contributed by atoms with E-state index in [9.17, 15) is 4.79 Å². The first-order valence-electron chi connectivity index (χ1n) is 6.82. The largest absolute Gasteiger partial charge is 0.455 e. The van der Waals surface area contributed by atoms with E-state index in [4.69, 9.17) is 4.74 Å². The maximum Gasteiger partial charge on any atom is 0.361 e. The van der Waals surface area contributed by atoms with E-state index in [1.807, 2.05) is 20.8 Å². The monoisotopic (exact) mass is 309 g/mol. The minimum absolute atomic E-state index is 0.244. The Morgan fingerprint density at radius 3 is 2.81 bits per heavy atom. The van der Waals surface area contributed by atoms with Crippen molar-refractivity contribution in [2.45, 2.75) is 52.2 Å². The summed E-state index contributed by atoms with van der Waals surface area (Å²) in [5.41, 5.74) is 1.46. The summed E-state index contributed by atoms with van der Waals surface area (Å²) in [6.45, 7) is 6.18. The zero-order valence-corrected chi connectivity index (χ0v) is 13.3. The third-order valence-electron chi connectivity index (χ3n) is 2.58. The second-order valence-corrected chi connectivity index (χ2v) is 6.58. The minimum atomic E-state index is -0.525. The molecule has 0 aliphatic heterocycles. The van der Waals surface area contributed by atoms with Crippen LogP contribution in [0.3, 0.4) is 0 Å². The van der Waals surface area contributed by atoms with Gasteiger partial charge in [-0.25, -0.2) is 4.79 Å². The highest BCUT2D eigenvalue weighted by atomic mass is 32.1. The number of ether oxygens (including phenoxy) is 1. The molecule has 7 nitrogen and oxygen atoms in total. The molecule has 0 aliphatic carbocycles. The average Bonchev–Trinajstić information content (AvgIpc) is 3.04. The highest BCUT2D eigenvalue weighted by Gasteiger charge is 2.20. The van der Waals surface area contributed by atoms with Crippen LogP contribution in [0.15, 0.2) is 11.7 Å². The minimum Gasteiger partial charge on any atom is -0.455 e. The lowest BCUT2D eigenvalue weighted by atomic mass is 10.2. The van der Waals surface area contributed by atoms with Crippen molar-refractivity contribution >= 4 is 17.3 Å². The molecule has 0 bridgehead atoms. The molecule has 2 aromatic heterocycles. The molecular weight excluding hydrogens is 290 g/mol. The van der Waals surface area contributed by atoms with Crippen molar-refractivity contribution < 1.29 is 9.53 Å². The van der Waals surface area contributed by atoms with E-state index in [0.29, 0.717) is 6.54 Å². The number of rotatable bonds is 6. The molecule has 2 aromatic rings. The molecule has 0 aromatic carbocycles. The van der Waals surface area contributed by atoms with Crippen molar-refractivity contribution in [3.8, 4) is 0 Å². The van der Waals surface area contributed by atoms with Gasteiger partial charge in [-0.2, -0.15) is 0 Å². The number of aromatic nitrogens is 5. The van der Waals surface area contributed by atoms with Gasteiger partial charge in [0.1, 0.15) is 16.1 Å². The zero-order valence-electron chi connectivity index (χ0n) is 12.4. The molecule has 0 amide bonds. The fraction of sp³-hybridized carbons (Fsp3) is 0.615. The molecule has 0 spiro atoms. The zero-order chi connectivity index (χ0) is 15.3. The Kier molecular flexibility index (Phi) is 5.00. The van der Waals surface area contributed by atoms with Crippen LogP contribution in [0, 0.1) is 0 Å². The van der Waals surface area contributed by atoms with Gasteiger partial charge >= 0.3 is 5.97 Å². The van der Waals surface area contributed by atoms with Gasteiger partial charge in [-0.15, -0.1) is 26.6 Å². The van der Waals surface area contributed by atoms with Crippen molar-refractivity contribution in [1.29, 1.82) is 0 Å². The first-order chi connectivity index (χ1) is 9.94. The van der Waals surface area contributed by atoms with Crippen LogP contribution >= 0.6 is 11.3 Å². The summed E-state index contributed by atoms with van der Waals surface area (Å²) >= 11 is 1.56. The molecule has 21 heavy (non-hydrogen) atoms. The number of aryl methyl sites for hydroxylation is 2. The summed E-state index contributed by atoms with van der Waals surface area (Å²) in [6, 6.07) is 0. The SMILES string of the molecule is CC(C)(C)OC(=O)c1cn(CCCCc2nncs2)nn1. The third kappa shape index (κ3) is 5.22. The van der Waals surface area contributed by atoms with Gasteiger partial charge in [0.15, 0.2) is 5.69 Å². The van der Waals surface area contributed by atoms with Crippen LogP contribution in [0.1, 0.15) is 49.1 Å². The van der Waals surface area contributed by atoms with E-state index in [1.165, 1.54) is 0 Å². The summed E-state index contributed by atoms with van der Waals surface area (Å²) in [4.78, 5) is 11.8. The van der Waals surface area contributed by atoms with Crippen molar-refractivity contribution in [3.63, 3.8) is 0 Å². The molecule has 0 N–H and O–H groups in total. The predicted molar refractivity (Wildman–Crippen MR) is 78.0 cm³/mol. The molecule has 114 valence electrons. The summed E-state index contributed by atoms with van der Waals surface area (Å²) in [7, 11) is 0. The number of hydrogen-bond donors (Lipinski definition) is 0. The van der Waals surface area contributed by atoms with Gasteiger partial charge in [0.05, 0.1) is 6.20 Å². The Labute approximate surface area is 127 Å². The molecule has 8 heteroatoms. The first-order valence-corrected chi connectivity index (χ1v) is 7.70. The van der Waals surface area contributed by atoms with Gasteiger partial charge in [-0.1, -0.05) is 5.21 Å². The van der Waals surface area contributed by atoms with Crippen LogP contribution in [-0.4, -0.2) is 36.8 Å². The Balaban J connectivity index is 1.76. The van der Waals surface area contributed by atoms with E-state index in [-0.39, 0.29) is 5.69 Å². The van der Waals surface area contributed by atoms with E-state index < -0.39 is 11.6 Å². The van der Waals surface area contributed by atoms with Gasteiger partial charge in [0.2, 0.25) is 0 Å². The normalized spacial score (nSPS) is 11.6. The highest BCUT2D eigenvalue weighted by molar-refractivity contribution is 7.09. The Morgan fingerprint density at radius 1 is 1.33 bits per heavy atom. The van der Waals surface area contributed by atoms with Crippen LogP contribution in [0.5, 0.6) is 0 Å². The number of carbonyl (C=O) groups is 1. The van der Waals surface area contributed by atoms with Crippen LogP contribution in [-0.2, 0) is 17.7 Å². The molecule has 0 aliphatic rings. The predicted octanol–water partition coefficient (Wildman–Crippen LogP) is 2.11. The molecule has 0 saturated heterocycles. The lowest BCUT2D eigenvalue weighted by Gasteiger charge is -2.18. The van der Waals surface area contributed by atoms with Gasteiger partial charge in [0.25, 0.3) is 0 Å². The van der Waals surface area contributed by atoms with Crippen LogP contribution in [0.25, 0.3) is 0 Å². The Hall–Kier alpha value is -1.83. The molecule has 0 fully saturated rings. The number of esters is 1. The topological polar surface area (TPSA) is 82.8 Å². The fourth-order valence-corrected chi connectivity index (χ4v) is 2.26. The van der Waals surface area contributed by atoms with Gasteiger partial charge < -0.3 is 4.74 Å². The summed E-state index contributed by atoms with van der Waals surface area (Å²) in [6.07, 6.45) is 4.48. The van der Waals surface area contributed by atoms with Crippen LogP contribution in [0.4, 0.5) is 0 Å². The second-order valence-electron chi connectivity index (χ2n) is 5.66. The number of carbonyl (C=O) groups excluding carboxylic acids is 1. The fourth-order valence-electron chi connectivity index (χ4n) is 1.69. The van der Waals surface area contributed by atoms with Crippen LogP contribution < -0.4 is 0 Å². The standard InChI is InChI=1S/C13H19N5O2S/c1-13(2,3)20-12(19)10-8-18(17-15-10)7-5-4-6-11-16-14-9-21-11/h8-9H,4-7H2,1-3H3. The third-order valence-corrected chi connectivity index (χ3v) is 3.34. The average molecular weight is 309 g/mol. The van der Waals surface area contributed by atoms with Crippen LogP contribution in [0.2, 0.25) is 0 Å². The molecule has 2 heterocycles. The van der Waals surface area contributed by atoms with Gasteiger partial charge in [0, 0.05) is 13.0 Å². The van der Waals surface area contributed by atoms with Crippen molar-refractivity contribution in [1.82, 2.24) is 25.2 Å². The number of nitrogens with zero attached hydrogens (tertiary/aromatic N) is 5. The molecule has 0 atom stereocenters. The molecule has 0 saturated carbocycles. The second kappa shape index (κ2) is 6.75. The molecule has 2 rings (SSSR count). The van der Waals surface area contributed by atoms with E-state index in [1.54, 1.807) is 27.7 Å². The van der Waals surface area contributed by atoms with E-state index in [2.05, 4.69) is 20.5 Å². The van der Waals surface area contributed by atoms with Crippen molar-refractivity contribution in [2.75, 3.05) is 0 Å². The lowest BCUT2D eigenvalue weighted by Crippen LogP contribution is -2.24. The van der Waals surface area contributed by atoms with E-state index >= 15 is 0 Å².